The maximum Gasteiger partial charge on any atom is 0.330 e. The second kappa shape index (κ2) is 12.1. The Balaban J connectivity index is 1.75. The zero-order valence-electron chi connectivity index (χ0n) is 23.4. The van der Waals surface area contributed by atoms with E-state index in [2.05, 4.69) is 11.4 Å². The van der Waals surface area contributed by atoms with Gasteiger partial charge in [-0.25, -0.2) is 14.0 Å². The average molecular weight is 594 g/mol. The van der Waals surface area contributed by atoms with Gasteiger partial charge in [0, 0.05) is 22.1 Å². The standard InChI is InChI=1S/C34H28FN3O4S/c1-34(32(40)41)29(22-6-4-3-5-7-22)28(31(39)24-12-18-27(43-2)19-13-24)30(23-10-8-21(20-36)9-11-23)38(34)33(42)37-26-16-14-25(35)15-17-26/h3-19,28-30H,1-2H3,(H,37,42)(H,40,41). The van der Waals surface area contributed by atoms with Crippen molar-refractivity contribution in [1.82, 2.24) is 4.90 Å². The number of likely N-dealkylation sites (tertiary alicyclic amines) is 1. The number of halogens is 1. The fourth-order valence-electron chi connectivity index (χ4n) is 5.97. The first-order valence-corrected chi connectivity index (χ1v) is 14.7. The van der Waals surface area contributed by atoms with E-state index in [4.69, 9.17) is 0 Å². The molecule has 1 saturated heterocycles. The molecule has 5 rings (SSSR count). The number of Topliss-reactive ketones (excluding diaryl/α,β-unsaturated/α-hetero) is 1. The molecular formula is C34H28FN3O4S. The number of rotatable bonds is 7. The maximum atomic E-state index is 14.6. The molecule has 0 aliphatic carbocycles. The monoisotopic (exact) mass is 593 g/mol. The van der Waals surface area contributed by atoms with Gasteiger partial charge in [0.15, 0.2) is 5.78 Å². The molecule has 43 heavy (non-hydrogen) atoms. The summed E-state index contributed by atoms with van der Waals surface area (Å²) in [6, 6.07) is 27.8. The number of carboxylic acids is 1. The number of carboxylic acid groups (broad SMARTS) is 1. The molecule has 0 aromatic heterocycles. The van der Waals surface area contributed by atoms with Crippen molar-refractivity contribution >= 4 is 35.2 Å². The van der Waals surface area contributed by atoms with Crippen LogP contribution in [0.25, 0.3) is 0 Å². The number of thioether (sulfide) groups is 1. The summed E-state index contributed by atoms with van der Waals surface area (Å²) in [6.45, 7) is 1.46. The van der Waals surface area contributed by atoms with E-state index in [1.54, 1.807) is 66.7 Å². The lowest BCUT2D eigenvalue weighted by Gasteiger charge is -2.37. The smallest absolute Gasteiger partial charge is 0.330 e. The van der Waals surface area contributed by atoms with Crippen LogP contribution in [0.2, 0.25) is 0 Å². The Bertz CT molecular complexity index is 1690. The minimum atomic E-state index is -1.90. The number of nitriles is 1. The second-order valence-corrected chi connectivity index (χ2v) is 11.3. The van der Waals surface area contributed by atoms with Crippen LogP contribution in [-0.2, 0) is 4.79 Å². The first-order valence-electron chi connectivity index (χ1n) is 13.5. The number of carbonyl (C=O) groups is 3. The Morgan fingerprint density at radius 2 is 1.53 bits per heavy atom. The van der Waals surface area contributed by atoms with Crippen LogP contribution in [0.1, 0.15) is 45.9 Å². The minimum Gasteiger partial charge on any atom is -0.479 e. The van der Waals surface area contributed by atoms with E-state index < -0.39 is 41.2 Å². The lowest BCUT2D eigenvalue weighted by Crippen LogP contribution is -2.55. The summed E-state index contributed by atoms with van der Waals surface area (Å²) >= 11 is 1.53. The fraction of sp³-hybridized carbons (Fsp3) is 0.176. The number of nitrogens with zero attached hydrogens (tertiary/aromatic N) is 2. The van der Waals surface area contributed by atoms with Gasteiger partial charge >= 0.3 is 12.0 Å². The topological polar surface area (TPSA) is 111 Å². The molecule has 0 radical (unpaired) electrons. The van der Waals surface area contributed by atoms with Gasteiger partial charge in [-0.3, -0.25) is 9.69 Å². The van der Waals surface area contributed by atoms with Gasteiger partial charge in [0.05, 0.1) is 23.6 Å². The molecule has 0 bridgehead atoms. The number of hydrogen-bond acceptors (Lipinski definition) is 5. The summed E-state index contributed by atoms with van der Waals surface area (Å²) in [5, 5.41) is 23.0. The van der Waals surface area contributed by atoms with Gasteiger partial charge in [-0.2, -0.15) is 5.26 Å². The molecule has 4 atom stereocenters. The van der Waals surface area contributed by atoms with Crippen molar-refractivity contribution < 1.29 is 23.9 Å². The third kappa shape index (κ3) is 5.49. The van der Waals surface area contributed by atoms with Crippen LogP contribution in [0, 0.1) is 23.1 Å². The van der Waals surface area contributed by atoms with Crippen molar-refractivity contribution in [1.29, 1.82) is 5.26 Å². The van der Waals surface area contributed by atoms with Crippen molar-refractivity contribution in [3.8, 4) is 6.07 Å². The summed E-state index contributed by atoms with van der Waals surface area (Å²) in [5.74, 6) is -4.08. The maximum absolute atomic E-state index is 14.6. The van der Waals surface area contributed by atoms with E-state index in [0.717, 1.165) is 4.90 Å². The summed E-state index contributed by atoms with van der Waals surface area (Å²) in [6.07, 6.45) is 1.93. The Kier molecular flexibility index (Phi) is 8.33. The van der Waals surface area contributed by atoms with E-state index >= 15 is 0 Å². The van der Waals surface area contributed by atoms with Crippen molar-refractivity contribution in [3.63, 3.8) is 0 Å². The molecule has 1 fully saturated rings. The Morgan fingerprint density at radius 1 is 0.907 bits per heavy atom. The SMILES string of the molecule is CSc1ccc(C(=O)C2C(c3ccc(C#N)cc3)N(C(=O)Nc3ccc(F)cc3)C(C)(C(=O)O)C2c2ccccc2)cc1. The molecule has 1 aliphatic rings. The highest BCUT2D eigenvalue weighted by Gasteiger charge is 2.65. The van der Waals surface area contributed by atoms with Gasteiger partial charge in [0.2, 0.25) is 0 Å². The minimum absolute atomic E-state index is 0.261. The third-order valence-corrected chi connectivity index (χ3v) is 8.79. The van der Waals surface area contributed by atoms with Crippen LogP contribution in [0.3, 0.4) is 0 Å². The van der Waals surface area contributed by atoms with Gasteiger partial charge in [0.1, 0.15) is 11.4 Å². The number of amides is 2. The zero-order chi connectivity index (χ0) is 30.7. The van der Waals surface area contributed by atoms with E-state index in [1.165, 1.54) is 47.9 Å². The summed E-state index contributed by atoms with van der Waals surface area (Å²) in [5.41, 5.74) is 0.205. The van der Waals surface area contributed by atoms with Crippen molar-refractivity contribution in [2.75, 3.05) is 11.6 Å². The predicted molar refractivity (Wildman–Crippen MR) is 162 cm³/mol. The van der Waals surface area contributed by atoms with Gasteiger partial charge < -0.3 is 10.4 Å². The lowest BCUT2D eigenvalue weighted by molar-refractivity contribution is -0.148. The molecule has 0 spiro atoms. The van der Waals surface area contributed by atoms with Crippen LogP contribution in [0.5, 0.6) is 0 Å². The summed E-state index contributed by atoms with van der Waals surface area (Å²) in [4.78, 5) is 44.3. The van der Waals surface area contributed by atoms with E-state index in [9.17, 15) is 29.1 Å². The van der Waals surface area contributed by atoms with Crippen LogP contribution < -0.4 is 5.32 Å². The largest absolute Gasteiger partial charge is 0.479 e. The second-order valence-electron chi connectivity index (χ2n) is 10.4. The van der Waals surface area contributed by atoms with Gasteiger partial charge in [-0.05, 0) is 72.8 Å². The Morgan fingerprint density at radius 3 is 2.09 bits per heavy atom. The molecule has 4 aromatic carbocycles. The summed E-state index contributed by atoms with van der Waals surface area (Å²) in [7, 11) is 0. The first kappa shape index (κ1) is 29.5. The molecule has 2 amide bonds. The molecule has 1 aliphatic heterocycles. The Labute approximate surface area is 253 Å². The molecule has 0 saturated carbocycles. The average Bonchev–Trinajstić information content (AvgIpc) is 3.32. The number of hydrogen-bond donors (Lipinski definition) is 2. The molecule has 7 nitrogen and oxygen atoms in total. The van der Waals surface area contributed by atoms with E-state index in [1.807, 2.05) is 18.4 Å². The quantitative estimate of drug-likeness (QED) is 0.174. The van der Waals surface area contributed by atoms with Gasteiger partial charge in [0.25, 0.3) is 0 Å². The van der Waals surface area contributed by atoms with Crippen molar-refractivity contribution in [3.05, 3.63) is 131 Å². The number of ketones is 1. The number of aliphatic carboxylic acids is 1. The van der Waals surface area contributed by atoms with Crippen LogP contribution >= 0.6 is 11.8 Å². The molecule has 216 valence electrons. The van der Waals surface area contributed by atoms with Crippen LogP contribution in [-0.4, -0.2) is 39.6 Å². The Hall–Kier alpha value is -4.94. The first-order chi connectivity index (χ1) is 20.7. The molecule has 4 aromatic rings. The van der Waals surface area contributed by atoms with Crippen LogP contribution in [0.4, 0.5) is 14.9 Å². The zero-order valence-corrected chi connectivity index (χ0v) is 24.2. The lowest BCUT2D eigenvalue weighted by atomic mass is 9.71. The summed E-state index contributed by atoms with van der Waals surface area (Å²) < 4.78 is 13.6. The van der Waals surface area contributed by atoms with Crippen molar-refractivity contribution in [2.24, 2.45) is 5.92 Å². The number of benzene rings is 4. The number of carbonyl (C=O) groups excluding carboxylic acids is 2. The van der Waals surface area contributed by atoms with E-state index in [0.29, 0.717) is 22.3 Å². The van der Waals surface area contributed by atoms with Gasteiger partial charge in [-0.15, -0.1) is 11.8 Å². The predicted octanol–water partition coefficient (Wildman–Crippen LogP) is 7.13. The molecule has 9 heteroatoms. The normalized spacial score (nSPS) is 21.2. The highest BCUT2D eigenvalue weighted by atomic mass is 32.2. The fourth-order valence-corrected chi connectivity index (χ4v) is 6.38. The number of nitrogens with one attached hydrogen (secondary N) is 1. The molecular weight excluding hydrogens is 565 g/mol. The van der Waals surface area contributed by atoms with Crippen molar-refractivity contribution in [2.45, 2.75) is 29.3 Å². The van der Waals surface area contributed by atoms with Crippen LogP contribution in [0.15, 0.2) is 108 Å². The third-order valence-electron chi connectivity index (χ3n) is 8.05. The molecule has 1 heterocycles. The van der Waals surface area contributed by atoms with E-state index in [-0.39, 0.29) is 11.5 Å². The number of anilines is 1. The highest BCUT2D eigenvalue weighted by Crippen LogP contribution is 2.56. The molecule has 4 unspecified atom stereocenters. The molecule has 2 N–H and O–H groups in total. The highest BCUT2D eigenvalue weighted by molar-refractivity contribution is 7.98. The van der Waals surface area contributed by atoms with Gasteiger partial charge in [-0.1, -0.05) is 54.6 Å². The number of urea groups is 1.